The molecule has 7 nitrogen and oxygen atoms in total. The van der Waals surface area contributed by atoms with Gasteiger partial charge in [-0.25, -0.2) is 0 Å². The number of aromatic nitrogens is 1. The van der Waals surface area contributed by atoms with E-state index in [1.165, 1.54) is 6.07 Å². The molecule has 0 radical (unpaired) electrons. The fourth-order valence-electron chi connectivity index (χ4n) is 3.93. The molecule has 31 heavy (non-hydrogen) atoms. The van der Waals surface area contributed by atoms with Gasteiger partial charge in [0.15, 0.2) is 6.61 Å². The molecule has 9 heteroatoms. The zero-order valence-electron chi connectivity index (χ0n) is 16.7. The quantitative estimate of drug-likeness (QED) is 0.613. The molecule has 0 saturated heterocycles. The first-order valence-electron chi connectivity index (χ1n) is 9.77. The van der Waals surface area contributed by atoms with E-state index in [1.54, 1.807) is 24.4 Å². The highest BCUT2D eigenvalue weighted by atomic mass is 35.5. The van der Waals surface area contributed by atoms with Gasteiger partial charge in [-0.05, 0) is 49.1 Å². The first-order chi connectivity index (χ1) is 14.7. The Kier molecular flexibility index (Phi) is 5.92. The summed E-state index contributed by atoms with van der Waals surface area (Å²) in [7, 11) is 0. The van der Waals surface area contributed by atoms with Crippen molar-refractivity contribution in [2.45, 2.75) is 37.8 Å². The Hall–Kier alpha value is -2.61. The average Bonchev–Trinajstić information content (AvgIpc) is 2.70. The standard InChI is InChI=1S/C22H21Cl2N3O4/c1-12-2-5-17(25-10-12)21(30)27-22-7-13(8-22)20(18(28)9-22)26-19(29)11-31-14-3-4-15(23)16(24)6-14/h2-6,10,18,28H,7-9,11H2,1H3,(H,26,29)(H,27,30)/t18-/m0/s1. The summed E-state index contributed by atoms with van der Waals surface area (Å²) in [6.45, 7) is 1.67. The number of benzene rings is 1. The maximum absolute atomic E-state index is 12.5. The normalized spacial score (nSPS) is 21.9. The van der Waals surface area contributed by atoms with Crippen LogP contribution in [-0.2, 0) is 4.79 Å². The Balaban J connectivity index is 1.34. The molecular formula is C22H21Cl2N3O4. The van der Waals surface area contributed by atoms with E-state index >= 15 is 0 Å². The van der Waals surface area contributed by atoms with Crippen molar-refractivity contribution >= 4 is 35.0 Å². The molecule has 1 aromatic carbocycles. The van der Waals surface area contributed by atoms with Crippen LogP contribution >= 0.6 is 23.2 Å². The van der Waals surface area contributed by atoms with Crippen LogP contribution in [0.1, 0.15) is 35.3 Å². The van der Waals surface area contributed by atoms with Crippen LogP contribution in [0.4, 0.5) is 0 Å². The first-order valence-corrected chi connectivity index (χ1v) is 10.5. The van der Waals surface area contributed by atoms with Crippen LogP contribution < -0.4 is 15.4 Å². The van der Waals surface area contributed by atoms with Gasteiger partial charge in [0.2, 0.25) is 0 Å². The van der Waals surface area contributed by atoms with Crippen LogP contribution in [0.2, 0.25) is 10.0 Å². The number of ether oxygens (including phenoxy) is 1. The Morgan fingerprint density at radius 3 is 2.65 bits per heavy atom. The summed E-state index contributed by atoms with van der Waals surface area (Å²) in [6, 6.07) is 8.23. The van der Waals surface area contributed by atoms with Gasteiger partial charge < -0.3 is 20.5 Å². The lowest BCUT2D eigenvalue weighted by Crippen LogP contribution is -2.61. The minimum absolute atomic E-state index is 0.234. The summed E-state index contributed by atoms with van der Waals surface area (Å²) >= 11 is 11.8. The van der Waals surface area contributed by atoms with Gasteiger partial charge in [0.1, 0.15) is 11.4 Å². The monoisotopic (exact) mass is 461 g/mol. The molecule has 2 aromatic rings. The molecule has 0 spiro atoms. The number of rotatable bonds is 6. The van der Waals surface area contributed by atoms with Crippen LogP contribution in [0.15, 0.2) is 47.8 Å². The largest absolute Gasteiger partial charge is 0.484 e. The predicted molar refractivity (Wildman–Crippen MR) is 116 cm³/mol. The molecule has 3 aliphatic carbocycles. The van der Waals surface area contributed by atoms with Crippen LogP contribution in [0, 0.1) is 6.92 Å². The number of amides is 2. The number of carbonyl (C=O) groups is 2. The lowest BCUT2D eigenvalue weighted by atomic mass is 9.63. The van der Waals surface area contributed by atoms with Crippen LogP contribution in [0.3, 0.4) is 0 Å². The second-order valence-electron chi connectivity index (χ2n) is 7.96. The number of pyridine rings is 1. The molecule has 162 valence electrons. The molecular weight excluding hydrogens is 441 g/mol. The highest BCUT2D eigenvalue weighted by molar-refractivity contribution is 6.42. The second kappa shape index (κ2) is 8.49. The van der Waals surface area contributed by atoms with E-state index in [1.807, 2.05) is 13.0 Å². The topological polar surface area (TPSA) is 101 Å². The number of fused-ring (bicyclic) bond motifs is 2. The van der Waals surface area contributed by atoms with Crippen molar-refractivity contribution in [3.8, 4) is 5.75 Å². The highest BCUT2D eigenvalue weighted by Gasteiger charge is 2.50. The van der Waals surface area contributed by atoms with Crippen LogP contribution in [-0.4, -0.2) is 40.2 Å². The fraction of sp³-hybridized carbons (Fsp3) is 0.318. The SMILES string of the molecule is Cc1ccc(C(=O)NC23CC(=C(NC(=O)COc4ccc(Cl)c(Cl)c4)[C@@H](O)C2)C3)nc1. The van der Waals surface area contributed by atoms with Crippen molar-refractivity contribution in [3.05, 3.63) is 69.1 Å². The Morgan fingerprint density at radius 2 is 2.00 bits per heavy atom. The molecule has 3 N–H and O–H groups in total. The third-order valence-electron chi connectivity index (χ3n) is 5.46. The number of aryl methyl sites for hydroxylation is 1. The zero-order valence-corrected chi connectivity index (χ0v) is 18.3. The van der Waals surface area contributed by atoms with E-state index in [0.29, 0.717) is 46.4 Å². The van der Waals surface area contributed by atoms with E-state index in [4.69, 9.17) is 27.9 Å². The number of carbonyl (C=O) groups excluding carboxylic acids is 2. The number of halogens is 2. The highest BCUT2D eigenvalue weighted by Crippen LogP contribution is 2.47. The molecule has 2 bridgehead atoms. The molecule has 3 aliphatic rings. The molecule has 1 saturated carbocycles. The van der Waals surface area contributed by atoms with Crippen molar-refractivity contribution in [2.75, 3.05) is 6.61 Å². The van der Waals surface area contributed by atoms with Crippen molar-refractivity contribution in [1.82, 2.24) is 15.6 Å². The Bertz CT molecular complexity index is 1060. The van der Waals surface area contributed by atoms with Crippen LogP contribution in [0.5, 0.6) is 5.75 Å². The summed E-state index contributed by atoms with van der Waals surface area (Å²) in [5, 5.41) is 17.0. The van der Waals surface area contributed by atoms with E-state index in [0.717, 1.165) is 11.1 Å². The van der Waals surface area contributed by atoms with Gasteiger partial charge in [-0.3, -0.25) is 14.6 Å². The van der Waals surface area contributed by atoms with Crippen molar-refractivity contribution in [1.29, 1.82) is 0 Å². The third kappa shape index (κ3) is 4.69. The number of nitrogens with zero attached hydrogens (tertiary/aromatic N) is 1. The smallest absolute Gasteiger partial charge is 0.270 e. The number of nitrogens with one attached hydrogen (secondary N) is 2. The summed E-state index contributed by atoms with van der Waals surface area (Å²) in [4.78, 5) is 29.0. The minimum Gasteiger partial charge on any atom is -0.484 e. The Labute approximate surface area is 189 Å². The third-order valence-corrected chi connectivity index (χ3v) is 6.20. The molecule has 0 unspecified atom stereocenters. The average molecular weight is 462 g/mol. The van der Waals surface area contributed by atoms with Gasteiger partial charge in [0.05, 0.1) is 21.7 Å². The summed E-state index contributed by atoms with van der Waals surface area (Å²) in [6.07, 6.45) is 2.23. The first kappa shape index (κ1) is 21.6. The molecule has 1 fully saturated rings. The van der Waals surface area contributed by atoms with Crippen molar-refractivity contribution in [3.63, 3.8) is 0 Å². The number of aliphatic hydroxyl groups excluding tert-OH is 1. The van der Waals surface area contributed by atoms with Gasteiger partial charge >= 0.3 is 0 Å². The molecule has 1 atom stereocenters. The van der Waals surface area contributed by atoms with Crippen LogP contribution in [0.25, 0.3) is 0 Å². The minimum atomic E-state index is -0.877. The van der Waals surface area contributed by atoms with Gasteiger partial charge in [-0.1, -0.05) is 29.3 Å². The second-order valence-corrected chi connectivity index (χ2v) is 8.77. The molecule has 0 aliphatic heterocycles. The summed E-state index contributed by atoms with van der Waals surface area (Å²) < 4.78 is 5.43. The van der Waals surface area contributed by atoms with E-state index < -0.39 is 11.6 Å². The van der Waals surface area contributed by atoms with E-state index in [9.17, 15) is 14.7 Å². The number of aliphatic hydroxyl groups is 1. The summed E-state index contributed by atoms with van der Waals surface area (Å²) in [5.41, 5.74) is 2.21. The van der Waals surface area contributed by atoms with E-state index in [-0.39, 0.29) is 18.4 Å². The van der Waals surface area contributed by atoms with Gasteiger partial charge in [-0.2, -0.15) is 0 Å². The summed E-state index contributed by atoms with van der Waals surface area (Å²) in [5.74, 6) is -0.241. The molecule has 2 amide bonds. The van der Waals surface area contributed by atoms with E-state index in [2.05, 4.69) is 15.6 Å². The Morgan fingerprint density at radius 1 is 1.23 bits per heavy atom. The molecule has 1 heterocycles. The lowest BCUT2D eigenvalue weighted by Gasteiger charge is -2.51. The van der Waals surface area contributed by atoms with Crippen molar-refractivity contribution < 1.29 is 19.4 Å². The van der Waals surface area contributed by atoms with Gasteiger partial charge in [0.25, 0.3) is 11.8 Å². The van der Waals surface area contributed by atoms with Gasteiger partial charge in [-0.15, -0.1) is 0 Å². The fourth-order valence-corrected chi connectivity index (χ4v) is 4.22. The maximum Gasteiger partial charge on any atom is 0.270 e. The zero-order chi connectivity index (χ0) is 22.2. The van der Waals surface area contributed by atoms with Gasteiger partial charge in [0, 0.05) is 24.4 Å². The predicted octanol–water partition coefficient (Wildman–Crippen LogP) is 3.17. The molecule has 5 rings (SSSR count). The number of hydrogen-bond acceptors (Lipinski definition) is 5. The molecule has 1 aromatic heterocycles. The number of hydrogen-bond donors (Lipinski definition) is 3. The van der Waals surface area contributed by atoms with Crippen molar-refractivity contribution in [2.24, 2.45) is 0 Å². The maximum atomic E-state index is 12.5. The lowest BCUT2D eigenvalue weighted by molar-refractivity contribution is -0.123.